The normalized spacial score (nSPS) is 15.1. The van der Waals surface area contributed by atoms with Crippen LogP contribution in [0.4, 0.5) is 5.69 Å². The maximum absolute atomic E-state index is 12.8. The van der Waals surface area contributed by atoms with Gasteiger partial charge in [0.1, 0.15) is 11.5 Å². The van der Waals surface area contributed by atoms with Crippen molar-refractivity contribution >= 4 is 41.0 Å². The van der Waals surface area contributed by atoms with E-state index in [9.17, 15) is 9.59 Å². The van der Waals surface area contributed by atoms with Crippen molar-refractivity contribution in [2.75, 3.05) is 5.01 Å². The first-order chi connectivity index (χ1) is 13.9. The highest BCUT2D eigenvalue weighted by atomic mass is 35.5. The minimum Gasteiger partial charge on any atom is -0.478 e. The van der Waals surface area contributed by atoms with E-state index in [1.54, 1.807) is 43.3 Å². The molecule has 144 valence electrons. The first-order valence-electron chi connectivity index (χ1n) is 8.73. The van der Waals surface area contributed by atoms with Gasteiger partial charge in [-0.15, -0.1) is 0 Å². The lowest BCUT2D eigenvalue weighted by molar-refractivity contribution is -0.114. The van der Waals surface area contributed by atoms with Crippen LogP contribution < -0.4 is 5.01 Å². The number of benzene rings is 2. The van der Waals surface area contributed by atoms with Crippen molar-refractivity contribution in [1.82, 2.24) is 0 Å². The number of hydrazone groups is 1. The van der Waals surface area contributed by atoms with Crippen LogP contribution in [0.3, 0.4) is 0 Å². The number of halogens is 1. The third kappa shape index (κ3) is 3.70. The fourth-order valence-corrected chi connectivity index (χ4v) is 3.07. The molecule has 0 aliphatic carbocycles. The van der Waals surface area contributed by atoms with Crippen LogP contribution in [0, 0.1) is 0 Å². The van der Waals surface area contributed by atoms with Crippen molar-refractivity contribution in [1.29, 1.82) is 0 Å². The predicted molar refractivity (Wildman–Crippen MR) is 111 cm³/mol. The van der Waals surface area contributed by atoms with E-state index in [2.05, 4.69) is 5.10 Å². The number of hydrogen-bond acceptors (Lipinski definition) is 4. The molecule has 0 unspecified atom stereocenters. The SMILES string of the molecule is CC1=NN(c2ccc(C(=O)O)cc2)C(=O)/C1=C\c1ccc(-c2ccc(Cl)cc2)o1. The van der Waals surface area contributed by atoms with E-state index >= 15 is 0 Å². The Labute approximate surface area is 171 Å². The molecule has 1 N–H and O–H groups in total. The molecule has 1 aliphatic rings. The number of carbonyl (C=O) groups is 2. The summed E-state index contributed by atoms with van der Waals surface area (Å²) >= 11 is 5.91. The molecule has 4 rings (SSSR count). The summed E-state index contributed by atoms with van der Waals surface area (Å²) in [7, 11) is 0. The molecule has 7 heteroatoms. The van der Waals surface area contributed by atoms with Crippen LogP contribution in [-0.2, 0) is 4.79 Å². The summed E-state index contributed by atoms with van der Waals surface area (Å²) in [6, 6.07) is 16.8. The van der Waals surface area contributed by atoms with Crippen LogP contribution in [0.5, 0.6) is 0 Å². The Morgan fingerprint density at radius 2 is 1.76 bits per heavy atom. The molecule has 0 fully saturated rings. The number of amides is 1. The molecule has 1 aromatic heterocycles. The van der Waals surface area contributed by atoms with Gasteiger partial charge in [0.05, 0.1) is 22.5 Å². The standard InChI is InChI=1S/C22H15ClN2O4/c1-13-19(12-18-10-11-20(29-18)14-2-6-16(23)7-3-14)21(26)25(24-13)17-8-4-15(5-9-17)22(27)28/h2-12H,1H3,(H,27,28)/b19-12-. The second kappa shape index (κ2) is 7.41. The number of anilines is 1. The van der Waals surface area contributed by atoms with E-state index in [1.165, 1.54) is 17.1 Å². The maximum Gasteiger partial charge on any atom is 0.335 e. The van der Waals surface area contributed by atoms with Gasteiger partial charge in [-0.2, -0.15) is 10.1 Å². The number of carbonyl (C=O) groups excluding carboxylic acids is 1. The molecule has 2 aromatic carbocycles. The Morgan fingerprint density at radius 3 is 2.41 bits per heavy atom. The van der Waals surface area contributed by atoms with Crippen LogP contribution >= 0.6 is 11.6 Å². The smallest absolute Gasteiger partial charge is 0.335 e. The maximum atomic E-state index is 12.8. The number of furan rings is 1. The Bertz CT molecular complexity index is 1160. The third-order valence-corrected chi connectivity index (χ3v) is 4.72. The average molecular weight is 407 g/mol. The first kappa shape index (κ1) is 18.7. The highest BCUT2D eigenvalue weighted by Crippen LogP contribution is 2.28. The summed E-state index contributed by atoms with van der Waals surface area (Å²) in [6.45, 7) is 1.73. The molecule has 2 heterocycles. The zero-order chi connectivity index (χ0) is 20.5. The highest BCUT2D eigenvalue weighted by molar-refractivity contribution is 6.32. The van der Waals surface area contributed by atoms with Crippen molar-refractivity contribution in [3.63, 3.8) is 0 Å². The Balaban J connectivity index is 1.59. The minimum absolute atomic E-state index is 0.141. The number of hydrogen-bond donors (Lipinski definition) is 1. The number of carboxylic acid groups (broad SMARTS) is 1. The first-order valence-corrected chi connectivity index (χ1v) is 9.11. The molecule has 1 amide bonds. The summed E-state index contributed by atoms with van der Waals surface area (Å²) in [6.07, 6.45) is 1.65. The van der Waals surface area contributed by atoms with Crippen molar-refractivity contribution in [2.45, 2.75) is 6.92 Å². The van der Waals surface area contributed by atoms with Gasteiger partial charge in [-0.3, -0.25) is 4.79 Å². The zero-order valence-corrected chi connectivity index (χ0v) is 16.1. The topological polar surface area (TPSA) is 83.1 Å². The monoisotopic (exact) mass is 406 g/mol. The average Bonchev–Trinajstić information content (AvgIpc) is 3.29. The fourth-order valence-electron chi connectivity index (χ4n) is 2.95. The summed E-state index contributed by atoms with van der Waals surface area (Å²) in [5.74, 6) is -0.153. The second-order valence-corrected chi connectivity index (χ2v) is 6.86. The van der Waals surface area contributed by atoms with Crippen LogP contribution in [-0.4, -0.2) is 22.7 Å². The molecule has 0 saturated carbocycles. The van der Waals surface area contributed by atoms with E-state index in [1.807, 2.05) is 18.2 Å². The lowest BCUT2D eigenvalue weighted by Crippen LogP contribution is -2.21. The molecule has 0 saturated heterocycles. The van der Waals surface area contributed by atoms with Gasteiger partial charge in [0.25, 0.3) is 5.91 Å². The van der Waals surface area contributed by atoms with E-state index in [-0.39, 0.29) is 11.5 Å². The molecule has 0 radical (unpaired) electrons. The molecular weight excluding hydrogens is 392 g/mol. The molecule has 0 bridgehead atoms. The predicted octanol–water partition coefficient (Wildman–Crippen LogP) is 5.10. The third-order valence-electron chi connectivity index (χ3n) is 4.46. The molecule has 6 nitrogen and oxygen atoms in total. The van der Waals surface area contributed by atoms with Gasteiger partial charge >= 0.3 is 5.97 Å². The van der Waals surface area contributed by atoms with Crippen molar-refractivity contribution in [3.8, 4) is 11.3 Å². The lowest BCUT2D eigenvalue weighted by Gasteiger charge is -2.11. The van der Waals surface area contributed by atoms with Crippen LogP contribution in [0.25, 0.3) is 17.4 Å². The summed E-state index contributed by atoms with van der Waals surface area (Å²) in [4.78, 5) is 23.8. The molecule has 0 atom stereocenters. The van der Waals surface area contributed by atoms with Gasteiger partial charge in [-0.1, -0.05) is 11.6 Å². The van der Waals surface area contributed by atoms with Crippen LogP contribution in [0.2, 0.25) is 5.02 Å². The Hall–Kier alpha value is -3.64. The lowest BCUT2D eigenvalue weighted by atomic mass is 10.1. The van der Waals surface area contributed by atoms with E-state index in [0.717, 1.165) is 5.56 Å². The fraction of sp³-hybridized carbons (Fsp3) is 0.0455. The number of carboxylic acids is 1. The highest BCUT2D eigenvalue weighted by Gasteiger charge is 2.29. The summed E-state index contributed by atoms with van der Waals surface area (Å²) < 4.78 is 5.84. The Kier molecular flexibility index (Phi) is 4.78. The molecule has 0 spiro atoms. The van der Waals surface area contributed by atoms with Gasteiger partial charge in [0, 0.05) is 10.6 Å². The quantitative estimate of drug-likeness (QED) is 0.610. The van der Waals surface area contributed by atoms with Crippen molar-refractivity contribution in [3.05, 3.63) is 82.6 Å². The summed E-state index contributed by atoms with van der Waals surface area (Å²) in [5.41, 5.74) is 2.46. The van der Waals surface area contributed by atoms with Gasteiger partial charge in [0.15, 0.2) is 0 Å². The van der Waals surface area contributed by atoms with Crippen LogP contribution in [0.1, 0.15) is 23.0 Å². The molecule has 29 heavy (non-hydrogen) atoms. The van der Waals surface area contributed by atoms with E-state index in [0.29, 0.717) is 33.5 Å². The van der Waals surface area contributed by atoms with Gasteiger partial charge < -0.3 is 9.52 Å². The van der Waals surface area contributed by atoms with Crippen LogP contribution in [0.15, 0.2) is 75.8 Å². The summed E-state index contributed by atoms with van der Waals surface area (Å²) in [5, 5.41) is 15.2. The molecule has 3 aromatic rings. The number of aromatic carboxylic acids is 1. The van der Waals surface area contributed by atoms with Crippen molar-refractivity contribution < 1.29 is 19.1 Å². The van der Waals surface area contributed by atoms with Gasteiger partial charge in [-0.25, -0.2) is 4.79 Å². The molecular formula is C22H15ClN2O4. The molecule has 1 aliphatic heterocycles. The van der Waals surface area contributed by atoms with E-state index in [4.69, 9.17) is 21.1 Å². The minimum atomic E-state index is -1.03. The van der Waals surface area contributed by atoms with Crippen molar-refractivity contribution in [2.24, 2.45) is 5.10 Å². The number of rotatable bonds is 4. The largest absolute Gasteiger partial charge is 0.478 e. The Morgan fingerprint density at radius 1 is 1.07 bits per heavy atom. The van der Waals surface area contributed by atoms with Gasteiger partial charge in [0.2, 0.25) is 0 Å². The zero-order valence-electron chi connectivity index (χ0n) is 15.3. The van der Waals surface area contributed by atoms with E-state index < -0.39 is 5.97 Å². The second-order valence-electron chi connectivity index (χ2n) is 6.42. The van der Waals surface area contributed by atoms with Gasteiger partial charge in [-0.05, 0) is 73.7 Å². The number of nitrogens with zero attached hydrogens (tertiary/aromatic N) is 2.